The molecule has 38 heavy (non-hydrogen) atoms. The van der Waals surface area contributed by atoms with Crippen LogP contribution in [0, 0.1) is 3.95 Å². The molecule has 0 N–H and O–H groups in total. The van der Waals surface area contributed by atoms with Crippen LogP contribution in [0.4, 0.5) is 13.2 Å². The van der Waals surface area contributed by atoms with E-state index in [1.54, 1.807) is 29.2 Å². The Bertz CT molecular complexity index is 1610. The molecular formula is C25H23F3N4O3S3. The van der Waals surface area contributed by atoms with Crippen LogP contribution in [0.5, 0.6) is 5.75 Å². The summed E-state index contributed by atoms with van der Waals surface area (Å²) in [6, 6.07) is 11.5. The zero-order valence-corrected chi connectivity index (χ0v) is 23.1. The number of para-hydroxylation sites is 2. The number of alkyl halides is 3. The number of thiazole rings is 1. The summed E-state index contributed by atoms with van der Waals surface area (Å²) in [5, 5.41) is 0.182. The molecule has 7 nitrogen and oxygen atoms in total. The number of rotatable bonds is 8. The van der Waals surface area contributed by atoms with E-state index in [0.717, 1.165) is 35.2 Å². The van der Waals surface area contributed by atoms with Crippen LogP contribution in [-0.2, 0) is 11.0 Å². The van der Waals surface area contributed by atoms with Gasteiger partial charge in [0.05, 0.1) is 24.1 Å². The standard InChI is InChI=1S/C25H23F3N4O3S3/c1-4-30(5-2)19(33)14-37-23-29-21-20(22(34)32(23)17-11-6-7-12-18(17)35-3)38-24(36)31(21)16-10-8-9-15(13-16)25(26,27)28/h6-13H,4-5,14H2,1-3H3. The second kappa shape index (κ2) is 11.3. The average molecular weight is 581 g/mol. The molecule has 2 aromatic heterocycles. The molecule has 2 aromatic carbocycles. The molecule has 4 aromatic rings. The van der Waals surface area contributed by atoms with Crippen molar-refractivity contribution in [1.82, 2.24) is 19.0 Å². The van der Waals surface area contributed by atoms with Crippen molar-refractivity contribution in [3.05, 3.63) is 68.4 Å². The molecule has 1 amide bonds. The first kappa shape index (κ1) is 27.9. The number of fused-ring (bicyclic) bond motifs is 1. The molecule has 0 saturated heterocycles. The minimum atomic E-state index is -4.56. The van der Waals surface area contributed by atoms with Crippen LogP contribution in [0.1, 0.15) is 19.4 Å². The third-order valence-electron chi connectivity index (χ3n) is 5.78. The molecule has 0 saturated carbocycles. The number of carbonyl (C=O) groups excluding carboxylic acids is 1. The van der Waals surface area contributed by atoms with E-state index >= 15 is 0 Å². The molecule has 0 spiro atoms. The Hall–Kier alpha value is -3.16. The number of benzene rings is 2. The molecule has 13 heteroatoms. The third-order valence-corrected chi connectivity index (χ3v) is 8.05. The smallest absolute Gasteiger partial charge is 0.416 e. The van der Waals surface area contributed by atoms with Gasteiger partial charge in [-0.2, -0.15) is 13.2 Å². The Morgan fingerprint density at radius 3 is 2.50 bits per heavy atom. The van der Waals surface area contributed by atoms with Gasteiger partial charge in [0.2, 0.25) is 5.91 Å². The molecule has 0 aliphatic rings. The number of ether oxygens (including phenoxy) is 1. The lowest BCUT2D eigenvalue weighted by molar-refractivity contribution is -0.137. The molecule has 0 bridgehead atoms. The zero-order chi connectivity index (χ0) is 27.6. The van der Waals surface area contributed by atoms with E-state index in [4.69, 9.17) is 17.0 Å². The maximum Gasteiger partial charge on any atom is 0.416 e. The van der Waals surface area contributed by atoms with Crippen molar-refractivity contribution in [2.24, 2.45) is 0 Å². The van der Waals surface area contributed by atoms with Gasteiger partial charge in [-0.1, -0.05) is 41.3 Å². The number of aromatic nitrogens is 3. The predicted octanol–water partition coefficient (Wildman–Crippen LogP) is 5.96. The number of methoxy groups -OCH3 is 1. The second-order valence-electron chi connectivity index (χ2n) is 7.97. The Labute approximate surface area is 229 Å². The van der Waals surface area contributed by atoms with Gasteiger partial charge in [-0.15, -0.1) is 0 Å². The van der Waals surface area contributed by atoms with Crippen molar-refractivity contribution in [3.63, 3.8) is 0 Å². The van der Waals surface area contributed by atoms with Crippen molar-refractivity contribution in [2.45, 2.75) is 25.2 Å². The largest absolute Gasteiger partial charge is 0.495 e. The van der Waals surface area contributed by atoms with Gasteiger partial charge >= 0.3 is 6.18 Å². The van der Waals surface area contributed by atoms with Crippen LogP contribution in [-0.4, -0.2) is 50.9 Å². The van der Waals surface area contributed by atoms with E-state index in [0.29, 0.717) is 24.5 Å². The summed E-state index contributed by atoms with van der Waals surface area (Å²) < 4.78 is 48.7. The molecule has 200 valence electrons. The lowest BCUT2D eigenvalue weighted by atomic mass is 10.2. The van der Waals surface area contributed by atoms with E-state index in [1.165, 1.54) is 28.4 Å². The highest BCUT2D eigenvalue weighted by Crippen LogP contribution is 2.33. The van der Waals surface area contributed by atoms with E-state index in [9.17, 15) is 22.8 Å². The summed E-state index contributed by atoms with van der Waals surface area (Å²) in [7, 11) is 1.47. The monoisotopic (exact) mass is 580 g/mol. The Balaban J connectivity index is 1.96. The molecule has 0 radical (unpaired) electrons. The normalized spacial score (nSPS) is 11.6. The minimum absolute atomic E-state index is 0.00318. The van der Waals surface area contributed by atoms with Crippen molar-refractivity contribution in [2.75, 3.05) is 26.0 Å². The number of halogens is 3. The van der Waals surface area contributed by atoms with Crippen molar-refractivity contribution >= 4 is 51.6 Å². The fraction of sp³-hybridized carbons (Fsp3) is 0.280. The Morgan fingerprint density at radius 2 is 1.84 bits per heavy atom. The van der Waals surface area contributed by atoms with Gasteiger partial charge in [0.25, 0.3) is 5.56 Å². The SMILES string of the molecule is CCN(CC)C(=O)CSc1nc2c(sc(=S)n2-c2cccc(C(F)(F)F)c2)c(=O)n1-c1ccccc1OC. The van der Waals surface area contributed by atoms with Crippen molar-refractivity contribution in [1.29, 1.82) is 0 Å². The highest BCUT2D eigenvalue weighted by atomic mass is 32.2. The summed E-state index contributed by atoms with van der Waals surface area (Å²) in [6.45, 7) is 4.80. The number of carbonyl (C=O) groups is 1. The molecule has 0 atom stereocenters. The number of nitrogens with zero attached hydrogens (tertiary/aromatic N) is 4. The van der Waals surface area contributed by atoms with Crippen LogP contribution < -0.4 is 10.3 Å². The first-order valence-corrected chi connectivity index (χ1v) is 13.7. The topological polar surface area (TPSA) is 69.4 Å². The quantitative estimate of drug-likeness (QED) is 0.146. The lowest BCUT2D eigenvalue weighted by Crippen LogP contribution is -2.32. The van der Waals surface area contributed by atoms with Gasteiger partial charge in [-0.3, -0.25) is 18.7 Å². The van der Waals surface area contributed by atoms with Crippen molar-refractivity contribution < 1.29 is 22.7 Å². The number of amides is 1. The lowest BCUT2D eigenvalue weighted by Gasteiger charge is -2.19. The number of hydrogen-bond donors (Lipinski definition) is 0. The summed E-state index contributed by atoms with van der Waals surface area (Å²) in [6.07, 6.45) is -4.56. The first-order chi connectivity index (χ1) is 18.1. The van der Waals surface area contributed by atoms with Gasteiger partial charge in [0.15, 0.2) is 14.8 Å². The second-order valence-corrected chi connectivity index (χ2v) is 10.6. The number of thioether (sulfide) groups is 1. The molecule has 0 aliphatic heterocycles. The number of hydrogen-bond acceptors (Lipinski definition) is 7. The maximum absolute atomic E-state index is 13.9. The summed E-state index contributed by atoms with van der Waals surface area (Å²) in [5.74, 6) is 0.276. The fourth-order valence-electron chi connectivity index (χ4n) is 3.90. The van der Waals surface area contributed by atoms with Gasteiger partial charge < -0.3 is 9.64 Å². The maximum atomic E-state index is 13.9. The van der Waals surface area contributed by atoms with Gasteiger partial charge in [-0.05, 0) is 56.4 Å². The van der Waals surface area contributed by atoms with Crippen LogP contribution in [0.25, 0.3) is 21.7 Å². The average Bonchev–Trinajstić information content (AvgIpc) is 3.24. The van der Waals surface area contributed by atoms with Gasteiger partial charge in [0.1, 0.15) is 10.4 Å². The van der Waals surface area contributed by atoms with Gasteiger partial charge in [-0.25, -0.2) is 4.98 Å². The third kappa shape index (κ3) is 5.36. The summed E-state index contributed by atoms with van der Waals surface area (Å²) in [4.78, 5) is 33.0. The van der Waals surface area contributed by atoms with Crippen molar-refractivity contribution in [3.8, 4) is 17.1 Å². The van der Waals surface area contributed by atoms with Crippen LogP contribution in [0.15, 0.2) is 58.5 Å². The molecule has 2 heterocycles. The predicted molar refractivity (Wildman–Crippen MR) is 146 cm³/mol. The molecule has 4 rings (SSSR count). The van der Waals surface area contributed by atoms with Crippen LogP contribution >= 0.6 is 35.3 Å². The zero-order valence-electron chi connectivity index (χ0n) is 20.6. The molecule has 0 fully saturated rings. The highest BCUT2D eigenvalue weighted by molar-refractivity contribution is 7.99. The highest BCUT2D eigenvalue weighted by Gasteiger charge is 2.31. The fourth-order valence-corrected chi connectivity index (χ4v) is 6.11. The van der Waals surface area contributed by atoms with Gasteiger partial charge in [0, 0.05) is 18.8 Å². The first-order valence-electron chi connectivity index (χ1n) is 11.5. The molecule has 0 unspecified atom stereocenters. The molecular weight excluding hydrogens is 557 g/mol. The van der Waals surface area contributed by atoms with E-state index in [-0.39, 0.29) is 36.8 Å². The van der Waals surface area contributed by atoms with Crippen LogP contribution in [0.3, 0.4) is 0 Å². The van der Waals surface area contributed by atoms with Crippen LogP contribution in [0.2, 0.25) is 0 Å². The summed E-state index contributed by atoms with van der Waals surface area (Å²) in [5.41, 5.74) is -0.657. The van der Waals surface area contributed by atoms with E-state index < -0.39 is 17.3 Å². The Kier molecular flexibility index (Phi) is 8.28. The molecule has 0 aliphatic carbocycles. The summed E-state index contributed by atoms with van der Waals surface area (Å²) >= 11 is 7.49. The Morgan fingerprint density at radius 1 is 1.13 bits per heavy atom. The van der Waals surface area contributed by atoms with E-state index in [2.05, 4.69) is 4.98 Å². The minimum Gasteiger partial charge on any atom is -0.495 e. The van der Waals surface area contributed by atoms with E-state index in [1.807, 2.05) is 13.8 Å².